The standard InChI is InChI=1S/C6H11F2NO/c7-6(8)1-2-10-5-3-9-4-5/h5-6,9H,1-4H2. The second-order valence-electron chi connectivity index (χ2n) is 2.33. The molecule has 0 unspecified atom stereocenters. The van der Waals surface area contributed by atoms with E-state index in [1.165, 1.54) is 0 Å². The molecule has 1 saturated heterocycles. The van der Waals surface area contributed by atoms with E-state index in [1.54, 1.807) is 0 Å². The summed E-state index contributed by atoms with van der Waals surface area (Å²) in [6.45, 7) is 1.80. The van der Waals surface area contributed by atoms with Gasteiger partial charge in [0.05, 0.1) is 12.7 Å². The van der Waals surface area contributed by atoms with Crippen molar-refractivity contribution in [2.45, 2.75) is 19.0 Å². The van der Waals surface area contributed by atoms with Crippen LogP contribution in [0, 0.1) is 0 Å². The molecule has 0 aliphatic carbocycles. The molecule has 60 valence electrons. The highest BCUT2D eigenvalue weighted by molar-refractivity contribution is 4.74. The van der Waals surface area contributed by atoms with Crippen LogP contribution in [0.2, 0.25) is 0 Å². The number of nitrogens with one attached hydrogen (secondary N) is 1. The zero-order chi connectivity index (χ0) is 7.40. The van der Waals surface area contributed by atoms with Crippen molar-refractivity contribution in [1.82, 2.24) is 5.32 Å². The minimum Gasteiger partial charge on any atom is -0.375 e. The fourth-order valence-electron chi connectivity index (χ4n) is 0.704. The molecule has 0 bridgehead atoms. The van der Waals surface area contributed by atoms with Crippen LogP contribution in [-0.4, -0.2) is 32.2 Å². The average molecular weight is 151 g/mol. The van der Waals surface area contributed by atoms with Gasteiger partial charge < -0.3 is 10.1 Å². The van der Waals surface area contributed by atoms with E-state index in [-0.39, 0.29) is 19.1 Å². The predicted octanol–water partition coefficient (Wildman–Crippen LogP) is 0.630. The molecule has 0 aromatic carbocycles. The van der Waals surface area contributed by atoms with Crippen molar-refractivity contribution in [3.05, 3.63) is 0 Å². The molecule has 4 heteroatoms. The van der Waals surface area contributed by atoms with Gasteiger partial charge in [-0.15, -0.1) is 0 Å². The summed E-state index contributed by atoms with van der Waals surface area (Å²) >= 11 is 0. The van der Waals surface area contributed by atoms with Crippen LogP contribution in [0.15, 0.2) is 0 Å². The lowest BCUT2D eigenvalue weighted by Crippen LogP contribution is -2.48. The Morgan fingerprint density at radius 1 is 1.50 bits per heavy atom. The lowest BCUT2D eigenvalue weighted by molar-refractivity contribution is -0.00411. The molecular formula is C6H11F2NO. The van der Waals surface area contributed by atoms with Crippen molar-refractivity contribution in [2.24, 2.45) is 0 Å². The van der Waals surface area contributed by atoms with Gasteiger partial charge in [-0.05, 0) is 0 Å². The first kappa shape index (κ1) is 7.88. The van der Waals surface area contributed by atoms with E-state index in [0.717, 1.165) is 13.1 Å². The zero-order valence-corrected chi connectivity index (χ0v) is 5.65. The summed E-state index contributed by atoms with van der Waals surface area (Å²) in [4.78, 5) is 0. The van der Waals surface area contributed by atoms with Crippen LogP contribution in [-0.2, 0) is 4.74 Å². The summed E-state index contributed by atoms with van der Waals surface area (Å²) in [7, 11) is 0. The molecule has 1 rings (SSSR count). The van der Waals surface area contributed by atoms with Crippen molar-refractivity contribution >= 4 is 0 Å². The fourth-order valence-corrected chi connectivity index (χ4v) is 0.704. The molecule has 1 fully saturated rings. The van der Waals surface area contributed by atoms with E-state index < -0.39 is 6.43 Å². The maximum Gasteiger partial charge on any atom is 0.240 e. The molecule has 0 radical (unpaired) electrons. The Morgan fingerprint density at radius 2 is 2.20 bits per heavy atom. The molecule has 1 aliphatic heterocycles. The molecule has 0 atom stereocenters. The quantitative estimate of drug-likeness (QED) is 0.636. The lowest BCUT2D eigenvalue weighted by Gasteiger charge is -2.26. The van der Waals surface area contributed by atoms with Gasteiger partial charge >= 0.3 is 0 Å². The third kappa shape index (κ3) is 2.58. The highest BCUT2D eigenvalue weighted by Crippen LogP contribution is 2.03. The second-order valence-corrected chi connectivity index (χ2v) is 2.33. The molecule has 1 N–H and O–H groups in total. The molecular weight excluding hydrogens is 140 g/mol. The molecule has 0 aromatic rings. The third-order valence-corrected chi connectivity index (χ3v) is 1.43. The number of hydrogen-bond donors (Lipinski definition) is 1. The van der Waals surface area contributed by atoms with Gasteiger partial charge in [-0.1, -0.05) is 0 Å². The second kappa shape index (κ2) is 3.83. The first-order valence-corrected chi connectivity index (χ1v) is 3.39. The van der Waals surface area contributed by atoms with Gasteiger partial charge in [0, 0.05) is 19.5 Å². The fraction of sp³-hybridized carbons (Fsp3) is 1.00. The Morgan fingerprint density at radius 3 is 2.60 bits per heavy atom. The summed E-state index contributed by atoms with van der Waals surface area (Å²) in [6, 6.07) is 0. The smallest absolute Gasteiger partial charge is 0.240 e. The van der Waals surface area contributed by atoms with Crippen molar-refractivity contribution in [3.8, 4) is 0 Å². The van der Waals surface area contributed by atoms with Crippen LogP contribution >= 0.6 is 0 Å². The summed E-state index contributed by atoms with van der Waals surface area (Å²) in [5.74, 6) is 0. The van der Waals surface area contributed by atoms with E-state index in [2.05, 4.69) is 5.32 Å². The zero-order valence-electron chi connectivity index (χ0n) is 5.65. The lowest BCUT2D eigenvalue weighted by atomic mass is 10.2. The molecule has 1 heterocycles. The third-order valence-electron chi connectivity index (χ3n) is 1.43. The van der Waals surface area contributed by atoms with Crippen molar-refractivity contribution in [3.63, 3.8) is 0 Å². The molecule has 0 aromatic heterocycles. The molecule has 1 aliphatic rings. The first-order valence-electron chi connectivity index (χ1n) is 3.39. The van der Waals surface area contributed by atoms with Crippen molar-refractivity contribution in [1.29, 1.82) is 0 Å². The van der Waals surface area contributed by atoms with Crippen LogP contribution in [0.5, 0.6) is 0 Å². The maximum atomic E-state index is 11.5. The number of hydrogen-bond acceptors (Lipinski definition) is 2. The monoisotopic (exact) mass is 151 g/mol. The molecule has 0 amide bonds. The van der Waals surface area contributed by atoms with Crippen LogP contribution in [0.1, 0.15) is 6.42 Å². The summed E-state index contributed by atoms with van der Waals surface area (Å²) in [6.07, 6.45) is -2.19. The predicted molar refractivity (Wildman–Crippen MR) is 33.2 cm³/mol. The number of halogens is 2. The van der Waals surface area contributed by atoms with Gasteiger partial charge in [-0.2, -0.15) is 0 Å². The normalized spacial score (nSPS) is 19.5. The van der Waals surface area contributed by atoms with Crippen LogP contribution in [0.3, 0.4) is 0 Å². The topological polar surface area (TPSA) is 21.3 Å². The summed E-state index contributed by atoms with van der Waals surface area (Å²) in [5, 5.41) is 2.99. The minimum absolute atomic E-state index is 0.142. The minimum atomic E-state index is -2.23. The average Bonchev–Trinajstić information content (AvgIpc) is 1.75. The SMILES string of the molecule is FC(F)CCOC1CNC1. The van der Waals surface area contributed by atoms with Gasteiger partial charge in [-0.3, -0.25) is 0 Å². The maximum absolute atomic E-state index is 11.5. The van der Waals surface area contributed by atoms with E-state index in [1.807, 2.05) is 0 Å². The highest BCUT2D eigenvalue weighted by Gasteiger charge is 2.16. The molecule has 10 heavy (non-hydrogen) atoms. The number of ether oxygens (including phenoxy) is 1. The largest absolute Gasteiger partial charge is 0.375 e. The van der Waals surface area contributed by atoms with E-state index in [0.29, 0.717) is 0 Å². The molecule has 2 nitrogen and oxygen atoms in total. The molecule has 0 saturated carbocycles. The van der Waals surface area contributed by atoms with Crippen LogP contribution in [0.25, 0.3) is 0 Å². The Labute approximate surface area is 58.6 Å². The summed E-state index contributed by atoms with van der Waals surface area (Å²) in [5.41, 5.74) is 0. The van der Waals surface area contributed by atoms with Gasteiger partial charge in [0.15, 0.2) is 0 Å². The van der Waals surface area contributed by atoms with Crippen molar-refractivity contribution < 1.29 is 13.5 Å². The van der Waals surface area contributed by atoms with Gasteiger partial charge in [-0.25, -0.2) is 8.78 Å². The Hall–Kier alpha value is -0.220. The van der Waals surface area contributed by atoms with E-state index >= 15 is 0 Å². The highest BCUT2D eigenvalue weighted by atomic mass is 19.3. The first-order chi connectivity index (χ1) is 4.79. The molecule has 0 spiro atoms. The van der Waals surface area contributed by atoms with Crippen LogP contribution < -0.4 is 5.32 Å². The Bertz CT molecular complexity index is 95.7. The van der Waals surface area contributed by atoms with Crippen molar-refractivity contribution in [2.75, 3.05) is 19.7 Å². The van der Waals surface area contributed by atoms with E-state index in [4.69, 9.17) is 4.74 Å². The number of alkyl halides is 2. The van der Waals surface area contributed by atoms with Gasteiger partial charge in [0.1, 0.15) is 0 Å². The van der Waals surface area contributed by atoms with Crippen LogP contribution in [0.4, 0.5) is 8.78 Å². The van der Waals surface area contributed by atoms with E-state index in [9.17, 15) is 8.78 Å². The van der Waals surface area contributed by atoms with Gasteiger partial charge in [0.2, 0.25) is 6.43 Å². The Balaban J connectivity index is 1.85. The summed E-state index contributed by atoms with van der Waals surface area (Å²) < 4.78 is 28.1. The van der Waals surface area contributed by atoms with Gasteiger partial charge in [0.25, 0.3) is 0 Å². The Kier molecular flexibility index (Phi) is 3.02. The number of rotatable bonds is 4.